The van der Waals surface area contributed by atoms with Crippen molar-refractivity contribution in [1.82, 2.24) is 19.7 Å². The molecule has 0 aliphatic rings. The van der Waals surface area contributed by atoms with E-state index >= 15 is 0 Å². The van der Waals surface area contributed by atoms with Crippen LogP contribution in [0, 0.1) is 0 Å². The maximum Gasteiger partial charge on any atom is 0.254 e. The molecule has 0 saturated heterocycles. The van der Waals surface area contributed by atoms with E-state index in [1.807, 2.05) is 13.8 Å². The Morgan fingerprint density at radius 2 is 1.77 bits per heavy atom. The first-order chi connectivity index (χ1) is 16.6. The summed E-state index contributed by atoms with van der Waals surface area (Å²) < 4.78 is 33.3. The molecule has 3 N–H and O–H groups in total. The quantitative estimate of drug-likeness (QED) is 0.353. The maximum atomic E-state index is 13.4. The van der Waals surface area contributed by atoms with Crippen LogP contribution in [0.1, 0.15) is 30.9 Å². The van der Waals surface area contributed by atoms with Gasteiger partial charge in [-0.2, -0.15) is 0 Å². The smallest absolute Gasteiger partial charge is 0.254 e. The molecule has 182 valence electrons. The van der Waals surface area contributed by atoms with Gasteiger partial charge in [-0.05, 0) is 47.9 Å². The van der Waals surface area contributed by atoms with Crippen LogP contribution in [0.3, 0.4) is 0 Å². The first-order valence-corrected chi connectivity index (χ1v) is 12.3. The maximum absolute atomic E-state index is 13.4. The van der Waals surface area contributed by atoms with Crippen molar-refractivity contribution < 1.29 is 23.4 Å². The number of benzene rings is 2. The summed E-state index contributed by atoms with van der Waals surface area (Å²) in [5, 5.41) is 28.5. The van der Waals surface area contributed by atoms with Gasteiger partial charge >= 0.3 is 0 Å². The van der Waals surface area contributed by atoms with E-state index in [9.17, 15) is 23.4 Å². The molecule has 0 aliphatic carbocycles. The zero-order valence-electron chi connectivity index (χ0n) is 19.3. The lowest BCUT2D eigenvalue weighted by atomic mass is 9.98. The summed E-state index contributed by atoms with van der Waals surface area (Å²) in [7, 11) is -2.65. The fourth-order valence-corrected chi connectivity index (χ4v) is 5.09. The standard InChI is InChI=1S/C24H24N4O6S/c1-14(2)18-11-19(21(30)12-20(18)29)22-26-27-24(28(22)16-6-8-17(34-3)9-7-16)35(32,33)13-15-5-4-10-25-23(15)31/h4-12,14,29-30H,13H2,1-3H3,(H,25,31). The second kappa shape index (κ2) is 9.26. The van der Waals surface area contributed by atoms with E-state index in [1.165, 1.54) is 36.1 Å². The Labute approximate surface area is 201 Å². The fourth-order valence-electron chi connectivity index (χ4n) is 3.68. The molecule has 4 aromatic rings. The normalized spacial score (nSPS) is 11.7. The van der Waals surface area contributed by atoms with Crippen LogP contribution in [0.25, 0.3) is 17.1 Å². The minimum atomic E-state index is -4.16. The number of H-pyrrole nitrogens is 1. The Morgan fingerprint density at radius 1 is 1.06 bits per heavy atom. The predicted molar refractivity (Wildman–Crippen MR) is 129 cm³/mol. The van der Waals surface area contributed by atoms with Gasteiger partial charge in [-0.25, -0.2) is 8.42 Å². The Morgan fingerprint density at radius 3 is 2.40 bits per heavy atom. The van der Waals surface area contributed by atoms with Crippen molar-refractivity contribution in [2.24, 2.45) is 0 Å². The number of aromatic nitrogens is 4. The number of methoxy groups -OCH3 is 1. The number of pyridine rings is 1. The van der Waals surface area contributed by atoms with Gasteiger partial charge in [-0.1, -0.05) is 19.9 Å². The lowest BCUT2D eigenvalue weighted by Gasteiger charge is -2.15. The van der Waals surface area contributed by atoms with Crippen LogP contribution in [0.15, 0.2) is 64.7 Å². The number of hydrogen-bond donors (Lipinski definition) is 3. The van der Waals surface area contributed by atoms with Gasteiger partial charge in [0.2, 0.25) is 9.84 Å². The summed E-state index contributed by atoms with van der Waals surface area (Å²) in [5.74, 6) is -0.463. The van der Waals surface area contributed by atoms with E-state index in [0.717, 1.165) is 0 Å². The van der Waals surface area contributed by atoms with Gasteiger partial charge in [0.25, 0.3) is 10.7 Å². The molecule has 2 heterocycles. The highest BCUT2D eigenvalue weighted by molar-refractivity contribution is 7.90. The van der Waals surface area contributed by atoms with Crippen molar-refractivity contribution in [3.05, 3.63) is 76.2 Å². The van der Waals surface area contributed by atoms with Crippen LogP contribution in [-0.4, -0.2) is 45.5 Å². The van der Waals surface area contributed by atoms with Crippen molar-refractivity contribution in [2.75, 3.05) is 7.11 Å². The number of phenols is 2. The molecule has 0 spiro atoms. The van der Waals surface area contributed by atoms with Gasteiger partial charge in [0.15, 0.2) is 5.82 Å². The Balaban J connectivity index is 1.95. The van der Waals surface area contributed by atoms with Gasteiger partial charge in [-0.15, -0.1) is 10.2 Å². The van der Waals surface area contributed by atoms with Crippen molar-refractivity contribution in [2.45, 2.75) is 30.7 Å². The Kier molecular flexibility index (Phi) is 6.35. The third-order valence-corrected chi connectivity index (χ3v) is 7.01. The predicted octanol–water partition coefficient (Wildman–Crippen LogP) is 3.14. The summed E-state index contributed by atoms with van der Waals surface area (Å²) in [6.07, 6.45) is 1.41. The number of aromatic amines is 1. The third kappa shape index (κ3) is 4.62. The highest BCUT2D eigenvalue weighted by Crippen LogP contribution is 2.38. The molecular formula is C24H24N4O6S. The lowest BCUT2D eigenvalue weighted by molar-refractivity contribution is 0.414. The molecular weight excluding hydrogens is 472 g/mol. The van der Waals surface area contributed by atoms with E-state index in [-0.39, 0.29) is 34.4 Å². The summed E-state index contributed by atoms with van der Waals surface area (Å²) in [6.45, 7) is 3.74. The molecule has 0 saturated carbocycles. The van der Waals surface area contributed by atoms with Crippen LogP contribution in [0.2, 0.25) is 0 Å². The van der Waals surface area contributed by atoms with Crippen LogP contribution >= 0.6 is 0 Å². The molecule has 0 radical (unpaired) electrons. The number of aromatic hydroxyl groups is 2. The van der Waals surface area contributed by atoms with Crippen molar-refractivity contribution in [3.63, 3.8) is 0 Å². The van der Waals surface area contributed by atoms with E-state index in [0.29, 0.717) is 17.0 Å². The summed E-state index contributed by atoms with van der Waals surface area (Å²) in [6, 6.07) is 12.2. The minimum Gasteiger partial charge on any atom is -0.508 e. The zero-order chi connectivity index (χ0) is 25.3. The van der Waals surface area contributed by atoms with Gasteiger partial charge in [0, 0.05) is 17.8 Å². The molecule has 0 amide bonds. The summed E-state index contributed by atoms with van der Waals surface area (Å²) in [5.41, 5.74) is 0.651. The number of hydrogen-bond acceptors (Lipinski definition) is 8. The number of ether oxygens (including phenoxy) is 1. The van der Waals surface area contributed by atoms with Crippen molar-refractivity contribution in [1.29, 1.82) is 0 Å². The second-order valence-corrected chi connectivity index (χ2v) is 10.1. The van der Waals surface area contributed by atoms with Crippen LogP contribution in [0.4, 0.5) is 0 Å². The van der Waals surface area contributed by atoms with Crippen LogP contribution in [-0.2, 0) is 15.6 Å². The minimum absolute atomic E-state index is 0.0490. The second-order valence-electron chi connectivity index (χ2n) is 8.21. The molecule has 11 heteroatoms. The number of sulfone groups is 1. The zero-order valence-corrected chi connectivity index (χ0v) is 20.1. The van der Waals surface area contributed by atoms with Gasteiger partial charge in [-0.3, -0.25) is 9.36 Å². The van der Waals surface area contributed by atoms with E-state index < -0.39 is 26.3 Å². The Bertz CT molecular complexity index is 1540. The third-order valence-electron chi connectivity index (χ3n) is 5.50. The number of nitrogens with one attached hydrogen (secondary N) is 1. The van der Waals surface area contributed by atoms with Crippen molar-refractivity contribution >= 4 is 9.84 Å². The van der Waals surface area contributed by atoms with E-state index in [4.69, 9.17) is 4.74 Å². The number of phenolic OH excluding ortho intramolecular Hbond substituents is 2. The highest BCUT2D eigenvalue weighted by Gasteiger charge is 2.29. The monoisotopic (exact) mass is 496 g/mol. The molecule has 2 aromatic heterocycles. The molecule has 0 unspecified atom stereocenters. The molecule has 0 aliphatic heterocycles. The molecule has 10 nitrogen and oxygen atoms in total. The van der Waals surface area contributed by atoms with Gasteiger partial charge < -0.3 is 19.9 Å². The molecule has 35 heavy (non-hydrogen) atoms. The highest BCUT2D eigenvalue weighted by atomic mass is 32.2. The topological polar surface area (TPSA) is 147 Å². The van der Waals surface area contributed by atoms with Crippen LogP contribution < -0.4 is 10.3 Å². The summed E-state index contributed by atoms with van der Waals surface area (Å²) in [4.78, 5) is 14.6. The molecule has 2 aromatic carbocycles. The van der Waals surface area contributed by atoms with Crippen LogP contribution in [0.5, 0.6) is 17.2 Å². The lowest BCUT2D eigenvalue weighted by Crippen LogP contribution is -2.18. The average Bonchev–Trinajstić information content (AvgIpc) is 3.26. The molecule has 4 rings (SSSR count). The first-order valence-electron chi connectivity index (χ1n) is 10.7. The molecule has 0 atom stereocenters. The number of nitrogens with zero attached hydrogens (tertiary/aromatic N) is 3. The van der Waals surface area contributed by atoms with Crippen molar-refractivity contribution in [3.8, 4) is 34.3 Å². The largest absolute Gasteiger partial charge is 0.508 e. The fraction of sp³-hybridized carbons (Fsp3) is 0.208. The van der Waals surface area contributed by atoms with Gasteiger partial charge in [0.05, 0.1) is 24.1 Å². The SMILES string of the molecule is COc1ccc(-n2c(-c3cc(C(C)C)c(O)cc3O)nnc2S(=O)(=O)Cc2ccc[nH]c2=O)cc1. The summed E-state index contributed by atoms with van der Waals surface area (Å²) >= 11 is 0. The first kappa shape index (κ1) is 24.0. The Hall–Kier alpha value is -4.12. The molecule has 0 fully saturated rings. The number of rotatable bonds is 7. The van der Waals surface area contributed by atoms with E-state index in [1.54, 1.807) is 30.3 Å². The van der Waals surface area contributed by atoms with E-state index in [2.05, 4.69) is 15.2 Å². The molecule has 0 bridgehead atoms. The van der Waals surface area contributed by atoms with Gasteiger partial charge in [0.1, 0.15) is 17.2 Å². The average molecular weight is 497 g/mol.